The van der Waals surface area contributed by atoms with Crippen LogP contribution in [0.1, 0.15) is 37.8 Å². The van der Waals surface area contributed by atoms with Crippen LogP contribution in [-0.4, -0.2) is 32.2 Å². The van der Waals surface area contributed by atoms with E-state index in [1.165, 1.54) is 0 Å². The van der Waals surface area contributed by atoms with Gasteiger partial charge < -0.3 is 4.90 Å². The molecule has 0 aliphatic heterocycles. The van der Waals surface area contributed by atoms with Crippen molar-refractivity contribution in [2.75, 3.05) is 13.1 Å². The van der Waals surface area contributed by atoms with E-state index in [0.717, 1.165) is 37.1 Å². The van der Waals surface area contributed by atoms with Crippen LogP contribution in [0.3, 0.4) is 0 Å². The van der Waals surface area contributed by atoms with E-state index in [9.17, 15) is 8.42 Å². The standard InChI is InChI=1S/C21H28N2O2S/c1-4-6-16-23(5-2)21(17-19-10-8-7-9-11-19)22-26(24,25)20-14-12-18(3)13-15-20/h7-15H,4-6,16-17H2,1-3H3/b22-21-. The van der Waals surface area contributed by atoms with Crippen molar-refractivity contribution in [3.05, 3.63) is 65.7 Å². The molecule has 140 valence electrons. The molecule has 0 aliphatic rings. The highest BCUT2D eigenvalue weighted by Crippen LogP contribution is 2.16. The molecule has 0 saturated heterocycles. The van der Waals surface area contributed by atoms with Gasteiger partial charge in [-0.05, 0) is 38.0 Å². The van der Waals surface area contributed by atoms with E-state index >= 15 is 0 Å². The van der Waals surface area contributed by atoms with Gasteiger partial charge in [0, 0.05) is 19.5 Å². The number of hydrogen-bond donors (Lipinski definition) is 0. The number of rotatable bonds is 8. The highest BCUT2D eigenvalue weighted by atomic mass is 32.2. The summed E-state index contributed by atoms with van der Waals surface area (Å²) in [5, 5.41) is 0. The van der Waals surface area contributed by atoms with Crippen molar-refractivity contribution in [3.63, 3.8) is 0 Å². The largest absolute Gasteiger partial charge is 0.359 e. The Hall–Kier alpha value is -2.14. The molecule has 0 aromatic heterocycles. The first-order valence-electron chi connectivity index (χ1n) is 9.15. The Morgan fingerprint density at radius 2 is 1.65 bits per heavy atom. The maximum absolute atomic E-state index is 12.8. The maximum Gasteiger partial charge on any atom is 0.283 e. The smallest absolute Gasteiger partial charge is 0.283 e. The Morgan fingerprint density at radius 3 is 2.23 bits per heavy atom. The summed E-state index contributed by atoms with van der Waals surface area (Å²) in [6.07, 6.45) is 2.57. The van der Waals surface area contributed by atoms with Crippen molar-refractivity contribution in [3.8, 4) is 0 Å². The van der Waals surface area contributed by atoms with Crippen LogP contribution in [0.4, 0.5) is 0 Å². The van der Waals surface area contributed by atoms with E-state index in [-0.39, 0.29) is 4.90 Å². The van der Waals surface area contributed by atoms with E-state index in [4.69, 9.17) is 0 Å². The van der Waals surface area contributed by atoms with Gasteiger partial charge in [0.15, 0.2) is 0 Å². The van der Waals surface area contributed by atoms with Crippen LogP contribution in [0.25, 0.3) is 0 Å². The number of likely N-dealkylation sites (N-methyl/N-ethyl adjacent to an activating group) is 1. The van der Waals surface area contributed by atoms with E-state index < -0.39 is 10.0 Å². The molecule has 0 spiro atoms. The van der Waals surface area contributed by atoms with Crippen molar-refractivity contribution in [2.45, 2.75) is 44.9 Å². The molecule has 0 amide bonds. The van der Waals surface area contributed by atoms with E-state index in [1.54, 1.807) is 24.3 Å². The Labute approximate surface area is 157 Å². The van der Waals surface area contributed by atoms with Crippen LogP contribution in [0.5, 0.6) is 0 Å². The number of benzene rings is 2. The van der Waals surface area contributed by atoms with Crippen LogP contribution in [0.2, 0.25) is 0 Å². The zero-order valence-electron chi connectivity index (χ0n) is 15.9. The predicted molar refractivity (Wildman–Crippen MR) is 108 cm³/mol. The van der Waals surface area contributed by atoms with Crippen LogP contribution in [0.15, 0.2) is 63.9 Å². The van der Waals surface area contributed by atoms with Crippen molar-refractivity contribution in [1.82, 2.24) is 4.90 Å². The topological polar surface area (TPSA) is 49.7 Å². The Balaban J connectivity index is 2.40. The second-order valence-electron chi connectivity index (χ2n) is 6.39. The molecule has 0 radical (unpaired) electrons. The summed E-state index contributed by atoms with van der Waals surface area (Å²) in [6.45, 7) is 7.64. The average molecular weight is 373 g/mol. The van der Waals surface area contributed by atoms with Gasteiger partial charge in [-0.1, -0.05) is 61.4 Å². The highest BCUT2D eigenvalue weighted by Gasteiger charge is 2.18. The summed E-state index contributed by atoms with van der Waals surface area (Å²) < 4.78 is 29.9. The Morgan fingerprint density at radius 1 is 1.00 bits per heavy atom. The highest BCUT2D eigenvalue weighted by molar-refractivity contribution is 7.90. The fraction of sp³-hybridized carbons (Fsp3) is 0.381. The van der Waals surface area contributed by atoms with Gasteiger partial charge in [0.25, 0.3) is 10.0 Å². The molecule has 0 unspecified atom stereocenters. The normalized spacial score (nSPS) is 12.2. The molecule has 0 saturated carbocycles. The fourth-order valence-electron chi connectivity index (χ4n) is 2.70. The Bertz CT molecular complexity index is 813. The van der Waals surface area contributed by atoms with E-state index in [2.05, 4.69) is 16.2 Å². The van der Waals surface area contributed by atoms with E-state index in [0.29, 0.717) is 12.3 Å². The van der Waals surface area contributed by atoms with Crippen LogP contribution in [0, 0.1) is 6.92 Å². The lowest BCUT2D eigenvalue weighted by Crippen LogP contribution is -2.34. The first-order valence-corrected chi connectivity index (χ1v) is 10.6. The maximum atomic E-state index is 12.8. The number of aryl methyl sites for hydroxylation is 1. The number of unbranched alkanes of at least 4 members (excludes halogenated alkanes) is 1. The second-order valence-corrected chi connectivity index (χ2v) is 8.00. The SMILES string of the molecule is CCCCN(CC)/C(Cc1ccccc1)=N\S(=O)(=O)c1ccc(C)cc1. The van der Waals surface area contributed by atoms with Gasteiger partial charge in [0.05, 0.1) is 4.90 Å². The molecule has 0 atom stereocenters. The summed E-state index contributed by atoms with van der Waals surface area (Å²) in [5.41, 5.74) is 2.08. The summed E-state index contributed by atoms with van der Waals surface area (Å²) in [7, 11) is -3.73. The summed E-state index contributed by atoms with van der Waals surface area (Å²) in [6, 6.07) is 16.7. The third-order valence-corrected chi connectivity index (χ3v) is 5.60. The third kappa shape index (κ3) is 5.70. The van der Waals surface area contributed by atoms with Crippen molar-refractivity contribution >= 4 is 15.9 Å². The molecule has 2 aromatic carbocycles. The quantitative estimate of drug-likeness (QED) is 0.508. The average Bonchev–Trinajstić information content (AvgIpc) is 2.63. The third-order valence-electron chi connectivity index (χ3n) is 4.28. The minimum absolute atomic E-state index is 0.236. The van der Waals surface area contributed by atoms with Gasteiger partial charge in [-0.3, -0.25) is 0 Å². The zero-order chi connectivity index (χ0) is 19.0. The molecular weight excluding hydrogens is 344 g/mol. The molecule has 26 heavy (non-hydrogen) atoms. The molecule has 2 rings (SSSR count). The number of hydrogen-bond acceptors (Lipinski definition) is 2. The zero-order valence-corrected chi connectivity index (χ0v) is 16.7. The van der Waals surface area contributed by atoms with Crippen molar-refractivity contribution in [1.29, 1.82) is 0 Å². The lowest BCUT2D eigenvalue weighted by Gasteiger charge is -2.24. The summed E-state index contributed by atoms with van der Waals surface area (Å²) in [4.78, 5) is 2.31. The van der Waals surface area contributed by atoms with Crippen molar-refractivity contribution in [2.24, 2.45) is 4.40 Å². The number of amidine groups is 1. The molecular formula is C21H28N2O2S. The first kappa shape index (κ1) is 20.2. The van der Waals surface area contributed by atoms with Gasteiger partial charge in [0.2, 0.25) is 0 Å². The van der Waals surface area contributed by atoms with Gasteiger partial charge >= 0.3 is 0 Å². The monoisotopic (exact) mass is 372 g/mol. The molecule has 0 bridgehead atoms. The fourth-order valence-corrected chi connectivity index (χ4v) is 3.74. The van der Waals surface area contributed by atoms with Crippen LogP contribution in [-0.2, 0) is 16.4 Å². The molecule has 0 heterocycles. The first-order chi connectivity index (χ1) is 12.5. The summed E-state index contributed by atoms with van der Waals surface area (Å²) in [5.74, 6) is 0.604. The van der Waals surface area contributed by atoms with Gasteiger partial charge in [-0.15, -0.1) is 4.40 Å². The van der Waals surface area contributed by atoms with E-state index in [1.807, 2.05) is 44.2 Å². The molecule has 2 aromatic rings. The lowest BCUT2D eigenvalue weighted by molar-refractivity contribution is 0.422. The second kappa shape index (κ2) is 9.53. The molecule has 0 N–H and O–H groups in total. The lowest BCUT2D eigenvalue weighted by atomic mass is 10.1. The van der Waals surface area contributed by atoms with Crippen LogP contribution >= 0.6 is 0 Å². The van der Waals surface area contributed by atoms with Gasteiger partial charge in [-0.25, -0.2) is 0 Å². The number of sulfonamides is 1. The summed E-state index contributed by atoms with van der Waals surface area (Å²) >= 11 is 0. The molecule has 5 heteroatoms. The minimum atomic E-state index is -3.73. The van der Waals surface area contributed by atoms with Crippen LogP contribution < -0.4 is 0 Å². The Kier molecular flexibility index (Phi) is 7.39. The molecule has 4 nitrogen and oxygen atoms in total. The minimum Gasteiger partial charge on any atom is -0.359 e. The molecule has 0 fully saturated rings. The van der Waals surface area contributed by atoms with Crippen molar-refractivity contribution < 1.29 is 8.42 Å². The van der Waals surface area contributed by atoms with Gasteiger partial charge in [0.1, 0.15) is 5.84 Å². The predicted octanol–water partition coefficient (Wildman–Crippen LogP) is 4.45. The number of nitrogens with zero attached hydrogens (tertiary/aromatic N) is 2. The molecule has 0 aliphatic carbocycles. The van der Waals surface area contributed by atoms with Gasteiger partial charge in [-0.2, -0.15) is 8.42 Å².